The van der Waals surface area contributed by atoms with Crippen molar-refractivity contribution in [1.82, 2.24) is 25.1 Å². The van der Waals surface area contributed by atoms with Gasteiger partial charge >= 0.3 is 6.03 Å². The van der Waals surface area contributed by atoms with Crippen molar-refractivity contribution in [2.45, 2.75) is 38.6 Å². The molecule has 0 bridgehead atoms. The molecule has 3 aromatic rings. The molecule has 0 spiro atoms. The third kappa shape index (κ3) is 7.11. The molecule has 1 saturated heterocycles. The lowest BCUT2D eigenvalue weighted by molar-refractivity contribution is -0.158. The van der Waals surface area contributed by atoms with Crippen LogP contribution in [0, 0.1) is 12.7 Å². The van der Waals surface area contributed by atoms with Crippen LogP contribution >= 0.6 is 0 Å². The Kier molecular flexibility index (Phi) is 9.63. The van der Waals surface area contributed by atoms with Crippen molar-refractivity contribution in [3.05, 3.63) is 107 Å². The SMILES string of the molecule is Cc1ccc(CN2CC(N(C(=O)NCc3ccc(F)cc3)N(C)CC=O)N(C)[C@@H](Cc3ccccc3)C2=O)cc1. The zero-order valence-corrected chi connectivity index (χ0v) is 23.2. The standard InChI is InChI=1S/C31H36FN5O3/c1-23-9-11-26(12-10-23)21-36-22-29(35(3)28(30(36)39)19-24-7-5-4-6-8-24)37(34(2)17-18-38)31(40)33-20-25-13-15-27(32)16-14-25/h4-16,18,28-29H,17,19-22H2,1-3H3,(H,33,40)/t28-,29?/m0/s1. The first-order chi connectivity index (χ1) is 19.3. The van der Waals surface area contributed by atoms with Crippen LogP contribution in [0.1, 0.15) is 22.3 Å². The lowest BCUT2D eigenvalue weighted by Gasteiger charge is -2.50. The molecule has 1 fully saturated rings. The maximum absolute atomic E-state index is 13.8. The van der Waals surface area contributed by atoms with Crippen molar-refractivity contribution in [2.75, 3.05) is 27.2 Å². The van der Waals surface area contributed by atoms with Crippen LogP contribution in [-0.2, 0) is 29.1 Å². The van der Waals surface area contributed by atoms with Crippen molar-refractivity contribution in [3.8, 4) is 0 Å². The second-order valence-electron chi connectivity index (χ2n) is 10.2. The van der Waals surface area contributed by atoms with Crippen molar-refractivity contribution >= 4 is 18.2 Å². The number of nitrogens with zero attached hydrogens (tertiary/aromatic N) is 4. The van der Waals surface area contributed by atoms with E-state index in [1.54, 1.807) is 29.1 Å². The van der Waals surface area contributed by atoms with E-state index in [4.69, 9.17) is 0 Å². The Morgan fingerprint density at radius 3 is 2.30 bits per heavy atom. The van der Waals surface area contributed by atoms with E-state index in [-0.39, 0.29) is 31.4 Å². The number of hydrogen-bond acceptors (Lipinski definition) is 5. The highest BCUT2D eigenvalue weighted by Crippen LogP contribution is 2.24. The van der Waals surface area contributed by atoms with E-state index in [1.165, 1.54) is 17.1 Å². The van der Waals surface area contributed by atoms with E-state index in [2.05, 4.69) is 5.32 Å². The number of piperazine rings is 1. The smallest absolute Gasteiger partial charge is 0.333 e. The summed E-state index contributed by atoms with van der Waals surface area (Å²) in [6.45, 7) is 2.84. The number of benzene rings is 3. The minimum absolute atomic E-state index is 0.0103. The van der Waals surface area contributed by atoms with Crippen LogP contribution < -0.4 is 5.32 Å². The average Bonchev–Trinajstić information content (AvgIpc) is 2.95. The minimum Gasteiger partial charge on any atom is -0.333 e. The van der Waals surface area contributed by atoms with Gasteiger partial charge in [-0.1, -0.05) is 72.3 Å². The maximum Gasteiger partial charge on any atom is 0.333 e. The summed E-state index contributed by atoms with van der Waals surface area (Å²) in [5.41, 5.74) is 3.88. The Hall–Kier alpha value is -4.08. The number of nitrogens with one attached hydrogen (secondary N) is 1. The number of hydrogen-bond donors (Lipinski definition) is 1. The number of hydrazine groups is 1. The molecule has 0 radical (unpaired) electrons. The fourth-order valence-electron chi connectivity index (χ4n) is 4.96. The Labute approximate surface area is 234 Å². The van der Waals surface area contributed by atoms with Gasteiger partial charge in [-0.25, -0.2) is 19.2 Å². The quantitative estimate of drug-likeness (QED) is 0.311. The zero-order chi connectivity index (χ0) is 28.6. The number of aryl methyl sites for hydroxylation is 1. The van der Waals surface area contributed by atoms with Crippen LogP contribution in [0.3, 0.4) is 0 Å². The largest absolute Gasteiger partial charge is 0.333 e. The number of carbonyl (C=O) groups is 3. The van der Waals surface area contributed by atoms with E-state index >= 15 is 0 Å². The first-order valence-corrected chi connectivity index (χ1v) is 13.3. The highest BCUT2D eigenvalue weighted by molar-refractivity contribution is 5.83. The van der Waals surface area contributed by atoms with Gasteiger partial charge in [0.1, 0.15) is 18.3 Å². The number of aldehydes is 1. The summed E-state index contributed by atoms with van der Waals surface area (Å²) in [6.07, 6.45) is 0.661. The summed E-state index contributed by atoms with van der Waals surface area (Å²) in [4.78, 5) is 42.7. The van der Waals surface area contributed by atoms with Gasteiger partial charge < -0.3 is 15.0 Å². The molecule has 210 valence electrons. The number of urea groups is 1. The summed E-state index contributed by atoms with van der Waals surface area (Å²) < 4.78 is 13.4. The summed E-state index contributed by atoms with van der Waals surface area (Å²) in [5, 5.41) is 5.97. The Morgan fingerprint density at radius 1 is 1.00 bits per heavy atom. The van der Waals surface area contributed by atoms with Gasteiger partial charge in [0.25, 0.3) is 0 Å². The van der Waals surface area contributed by atoms with Gasteiger partial charge in [0.05, 0.1) is 19.1 Å². The third-order valence-corrected chi connectivity index (χ3v) is 7.26. The molecule has 3 amide bonds. The van der Waals surface area contributed by atoms with Crippen molar-refractivity contribution in [2.24, 2.45) is 0 Å². The predicted octanol–water partition coefficient (Wildman–Crippen LogP) is 3.60. The minimum atomic E-state index is -0.546. The van der Waals surface area contributed by atoms with E-state index in [9.17, 15) is 18.8 Å². The van der Waals surface area contributed by atoms with Crippen LogP contribution in [0.15, 0.2) is 78.9 Å². The molecule has 1 heterocycles. The molecule has 1 unspecified atom stereocenters. The Morgan fingerprint density at radius 2 is 1.65 bits per heavy atom. The Bertz CT molecular complexity index is 1290. The molecule has 3 aromatic carbocycles. The van der Waals surface area contributed by atoms with Crippen LogP contribution in [-0.4, -0.2) is 77.4 Å². The maximum atomic E-state index is 13.8. The fourth-order valence-corrected chi connectivity index (χ4v) is 4.96. The van der Waals surface area contributed by atoms with E-state index in [1.807, 2.05) is 73.5 Å². The lowest BCUT2D eigenvalue weighted by Crippen LogP contribution is -2.69. The molecule has 4 rings (SSSR count). The normalized spacial score (nSPS) is 17.6. The second-order valence-corrected chi connectivity index (χ2v) is 10.2. The third-order valence-electron chi connectivity index (χ3n) is 7.26. The molecule has 2 atom stereocenters. The molecular weight excluding hydrogens is 509 g/mol. The predicted molar refractivity (Wildman–Crippen MR) is 151 cm³/mol. The molecule has 1 aliphatic heterocycles. The van der Waals surface area contributed by atoms with E-state index < -0.39 is 18.2 Å². The lowest BCUT2D eigenvalue weighted by atomic mass is 10.00. The molecule has 8 nitrogen and oxygen atoms in total. The van der Waals surface area contributed by atoms with Gasteiger partial charge in [-0.3, -0.25) is 9.69 Å². The highest BCUT2D eigenvalue weighted by Gasteiger charge is 2.43. The summed E-state index contributed by atoms with van der Waals surface area (Å²) in [7, 11) is 3.51. The van der Waals surface area contributed by atoms with Crippen LogP contribution in [0.25, 0.3) is 0 Å². The van der Waals surface area contributed by atoms with Gasteiger partial charge in [0.2, 0.25) is 5.91 Å². The number of carbonyl (C=O) groups excluding carboxylic acids is 3. The summed E-state index contributed by atoms with van der Waals surface area (Å²) in [5.74, 6) is -0.373. The molecule has 0 aromatic heterocycles. The average molecular weight is 546 g/mol. The monoisotopic (exact) mass is 545 g/mol. The fraction of sp³-hybridized carbons (Fsp3) is 0.323. The van der Waals surface area contributed by atoms with E-state index in [0.29, 0.717) is 13.0 Å². The van der Waals surface area contributed by atoms with Crippen LogP contribution in [0.2, 0.25) is 0 Å². The van der Waals surface area contributed by atoms with Gasteiger partial charge in [0, 0.05) is 20.1 Å². The van der Waals surface area contributed by atoms with Crippen molar-refractivity contribution < 1.29 is 18.8 Å². The molecule has 9 heteroatoms. The highest BCUT2D eigenvalue weighted by atomic mass is 19.1. The zero-order valence-electron chi connectivity index (χ0n) is 23.2. The number of amides is 3. The molecular formula is C31H36FN5O3. The molecule has 40 heavy (non-hydrogen) atoms. The van der Waals surface area contributed by atoms with Crippen molar-refractivity contribution in [3.63, 3.8) is 0 Å². The van der Waals surface area contributed by atoms with Gasteiger partial charge in [-0.15, -0.1) is 0 Å². The number of halogens is 1. The van der Waals surface area contributed by atoms with E-state index in [0.717, 1.165) is 28.5 Å². The summed E-state index contributed by atoms with van der Waals surface area (Å²) in [6, 6.07) is 22.8. The Balaban J connectivity index is 1.63. The molecule has 0 aliphatic carbocycles. The number of likely N-dealkylation sites (N-methyl/N-ethyl adjacent to an activating group) is 2. The van der Waals surface area contributed by atoms with Gasteiger partial charge in [0.15, 0.2) is 0 Å². The molecule has 1 N–H and O–H groups in total. The van der Waals surface area contributed by atoms with Gasteiger partial charge in [-0.2, -0.15) is 0 Å². The first-order valence-electron chi connectivity index (χ1n) is 13.3. The first kappa shape index (κ1) is 28.9. The molecule has 0 saturated carbocycles. The van der Waals surface area contributed by atoms with Crippen LogP contribution in [0.5, 0.6) is 0 Å². The van der Waals surface area contributed by atoms with Crippen molar-refractivity contribution in [1.29, 1.82) is 0 Å². The van der Waals surface area contributed by atoms with Crippen LogP contribution in [0.4, 0.5) is 9.18 Å². The second kappa shape index (κ2) is 13.3. The number of rotatable bonds is 10. The van der Waals surface area contributed by atoms with Gasteiger partial charge in [-0.05, 0) is 49.2 Å². The molecule has 1 aliphatic rings. The summed E-state index contributed by atoms with van der Waals surface area (Å²) >= 11 is 0. The topological polar surface area (TPSA) is 76.2 Å².